The summed E-state index contributed by atoms with van der Waals surface area (Å²) in [6.45, 7) is 0.572. The zero-order chi connectivity index (χ0) is 22.2. The molecule has 2 aromatic rings. The molecule has 0 saturated heterocycles. The fourth-order valence-electron chi connectivity index (χ4n) is 3.74. The zero-order valence-electron chi connectivity index (χ0n) is 18.6. The summed E-state index contributed by atoms with van der Waals surface area (Å²) in [4.78, 5) is 10.9. The van der Waals surface area contributed by atoms with E-state index >= 15 is 0 Å². The van der Waals surface area contributed by atoms with Crippen LogP contribution >= 0.6 is 12.2 Å². The van der Waals surface area contributed by atoms with Crippen LogP contribution in [0, 0.1) is 0 Å². The van der Waals surface area contributed by atoms with Gasteiger partial charge in [-0.2, -0.15) is 4.98 Å². The van der Waals surface area contributed by atoms with Crippen LogP contribution in [0.5, 0.6) is 11.5 Å². The molecule has 168 valence electrons. The van der Waals surface area contributed by atoms with Gasteiger partial charge in [0, 0.05) is 44.5 Å². The third-order valence-corrected chi connectivity index (χ3v) is 5.68. The molecule has 9 heteroatoms. The Balaban J connectivity index is 1.44. The maximum absolute atomic E-state index is 5.51. The monoisotopic (exact) mass is 444 g/mol. The number of ether oxygens (including phenoxy) is 2. The van der Waals surface area contributed by atoms with Gasteiger partial charge in [-0.15, -0.1) is 0 Å². The molecular weight excluding hydrogens is 412 g/mol. The molecule has 3 N–H and O–H groups in total. The first-order chi connectivity index (χ1) is 15.0. The number of nitrogens with one attached hydrogen (secondary N) is 3. The molecule has 1 aliphatic carbocycles. The molecule has 0 aliphatic heterocycles. The quantitative estimate of drug-likeness (QED) is 0.532. The summed E-state index contributed by atoms with van der Waals surface area (Å²) in [6.07, 6.45) is 5.95. The van der Waals surface area contributed by atoms with E-state index in [1.54, 1.807) is 20.4 Å². The first-order valence-corrected chi connectivity index (χ1v) is 10.9. The number of aromatic nitrogens is 2. The Morgan fingerprint density at radius 2 is 1.84 bits per heavy atom. The number of hydrogen-bond donors (Lipinski definition) is 3. The van der Waals surface area contributed by atoms with Crippen LogP contribution in [-0.4, -0.2) is 55.5 Å². The van der Waals surface area contributed by atoms with E-state index < -0.39 is 0 Å². The lowest BCUT2D eigenvalue weighted by molar-refractivity contribution is 0.351. The highest BCUT2D eigenvalue weighted by atomic mass is 32.1. The third kappa shape index (κ3) is 6.33. The van der Waals surface area contributed by atoms with Crippen molar-refractivity contribution >= 4 is 29.1 Å². The lowest BCUT2D eigenvalue weighted by atomic mass is 9.91. The third-order valence-electron chi connectivity index (χ3n) is 5.42. The fraction of sp³-hybridized carbons (Fsp3) is 0.500. The largest absolute Gasteiger partial charge is 0.493 e. The normalized spacial score (nSPS) is 18.1. The van der Waals surface area contributed by atoms with Crippen molar-refractivity contribution in [3.63, 3.8) is 0 Å². The van der Waals surface area contributed by atoms with E-state index in [0.29, 0.717) is 35.4 Å². The first-order valence-electron chi connectivity index (χ1n) is 10.5. The molecule has 0 unspecified atom stereocenters. The van der Waals surface area contributed by atoms with Crippen LogP contribution in [0.15, 0.2) is 30.5 Å². The minimum atomic E-state index is 0.360. The average Bonchev–Trinajstić information content (AvgIpc) is 2.78. The number of anilines is 2. The second-order valence-corrected chi connectivity index (χ2v) is 8.21. The van der Waals surface area contributed by atoms with Gasteiger partial charge in [0.15, 0.2) is 16.6 Å². The SMILES string of the molecule is COc1cccc(CNC(=S)NC2CCC(Nc3nccc(N(C)C)n3)CC2)c1OC. The van der Waals surface area contributed by atoms with Gasteiger partial charge in [0.05, 0.1) is 14.2 Å². The van der Waals surface area contributed by atoms with E-state index in [0.717, 1.165) is 42.8 Å². The summed E-state index contributed by atoms with van der Waals surface area (Å²) in [7, 11) is 7.23. The van der Waals surface area contributed by atoms with Crippen molar-refractivity contribution < 1.29 is 9.47 Å². The molecule has 0 atom stereocenters. The van der Waals surface area contributed by atoms with E-state index in [-0.39, 0.29) is 0 Å². The molecular formula is C22H32N6O2S. The molecule has 1 aromatic carbocycles. The summed E-state index contributed by atoms with van der Waals surface area (Å²) in [5.41, 5.74) is 0.999. The van der Waals surface area contributed by atoms with Gasteiger partial charge < -0.3 is 30.3 Å². The van der Waals surface area contributed by atoms with Crippen LogP contribution in [0.25, 0.3) is 0 Å². The predicted molar refractivity (Wildman–Crippen MR) is 128 cm³/mol. The van der Waals surface area contributed by atoms with Crippen LogP contribution < -0.4 is 30.3 Å². The number of nitrogens with zero attached hydrogens (tertiary/aromatic N) is 3. The zero-order valence-corrected chi connectivity index (χ0v) is 19.5. The Bertz CT molecular complexity index is 871. The average molecular weight is 445 g/mol. The minimum Gasteiger partial charge on any atom is -0.493 e. The van der Waals surface area contributed by atoms with Crippen molar-refractivity contribution in [1.29, 1.82) is 0 Å². The summed E-state index contributed by atoms with van der Waals surface area (Å²) >= 11 is 5.51. The molecule has 0 spiro atoms. The molecule has 1 saturated carbocycles. The Kier molecular flexibility index (Phi) is 8.11. The topological polar surface area (TPSA) is 83.6 Å². The fourth-order valence-corrected chi connectivity index (χ4v) is 3.98. The van der Waals surface area contributed by atoms with E-state index in [2.05, 4.69) is 25.9 Å². The molecule has 8 nitrogen and oxygen atoms in total. The number of para-hydroxylation sites is 1. The second kappa shape index (κ2) is 11.0. The van der Waals surface area contributed by atoms with Crippen molar-refractivity contribution in [2.45, 2.75) is 44.3 Å². The Hall–Kier alpha value is -2.81. The molecule has 1 heterocycles. The van der Waals surface area contributed by atoms with Gasteiger partial charge in [-0.1, -0.05) is 12.1 Å². The highest BCUT2D eigenvalue weighted by molar-refractivity contribution is 7.80. The van der Waals surface area contributed by atoms with E-state index in [1.165, 1.54) is 0 Å². The lowest BCUT2D eigenvalue weighted by Gasteiger charge is -2.30. The molecule has 31 heavy (non-hydrogen) atoms. The lowest BCUT2D eigenvalue weighted by Crippen LogP contribution is -2.44. The number of methoxy groups -OCH3 is 2. The van der Waals surface area contributed by atoms with E-state index in [4.69, 9.17) is 21.7 Å². The van der Waals surface area contributed by atoms with Gasteiger partial charge in [-0.25, -0.2) is 4.98 Å². The second-order valence-electron chi connectivity index (χ2n) is 7.81. The maximum atomic E-state index is 5.51. The van der Waals surface area contributed by atoms with Crippen LogP contribution in [0.2, 0.25) is 0 Å². The number of rotatable bonds is 8. The van der Waals surface area contributed by atoms with Crippen LogP contribution in [0.1, 0.15) is 31.2 Å². The Morgan fingerprint density at radius 3 is 2.52 bits per heavy atom. The van der Waals surface area contributed by atoms with Gasteiger partial charge in [-0.05, 0) is 50.0 Å². The number of thiocarbonyl (C=S) groups is 1. The molecule has 0 bridgehead atoms. The Labute approximate surface area is 189 Å². The van der Waals surface area contributed by atoms with Crippen LogP contribution in [0.4, 0.5) is 11.8 Å². The highest BCUT2D eigenvalue weighted by Gasteiger charge is 2.22. The van der Waals surface area contributed by atoms with Crippen molar-refractivity contribution in [3.05, 3.63) is 36.0 Å². The van der Waals surface area contributed by atoms with Gasteiger partial charge in [0.1, 0.15) is 5.82 Å². The van der Waals surface area contributed by atoms with Crippen LogP contribution in [0.3, 0.4) is 0 Å². The van der Waals surface area contributed by atoms with E-state index in [1.807, 2.05) is 43.3 Å². The molecule has 1 fully saturated rings. The maximum Gasteiger partial charge on any atom is 0.224 e. The highest BCUT2D eigenvalue weighted by Crippen LogP contribution is 2.30. The van der Waals surface area contributed by atoms with Gasteiger partial charge in [0.2, 0.25) is 5.95 Å². The Morgan fingerprint density at radius 1 is 1.10 bits per heavy atom. The molecule has 0 amide bonds. The van der Waals surface area contributed by atoms with Crippen LogP contribution in [-0.2, 0) is 6.54 Å². The number of hydrogen-bond acceptors (Lipinski definition) is 7. The summed E-state index contributed by atoms with van der Waals surface area (Å²) in [5.74, 6) is 3.03. The summed E-state index contributed by atoms with van der Waals surface area (Å²) < 4.78 is 10.8. The molecule has 3 rings (SSSR count). The van der Waals surface area contributed by atoms with Gasteiger partial charge >= 0.3 is 0 Å². The first kappa shape index (κ1) is 22.9. The van der Waals surface area contributed by atoms with Crippen molar-refractivity contribution in [2.24, 2.45) is 0 Å². The molecule has 1 aromatic heterocycles. The molecule has 0 radical (unpaired) electrons. The van der Waals surface area contributed by atoms with Crippen molar-refractivity contribution in [3.8, 4) is 11.5 Å². The number of benzene rings is 1. The van der Waals surface area contributed by atoms with Crippen molar-refractivity contribution in [2.75, 3.05) is 38.5 Å². The molecule has 1 aliphatic rings. The van der Waals surface area contributed by atoms with Gasteiger partial charge in [-0.3, -0.25) is 0 Å². The standard InChI is InChI=1S/C22H32N6O2S/c1-28(2)19-12-13-23-21(27-19)25-16-8-10-17(11-9-16)26-22(31)24-14-15-6-5-7-18(29-3)20(15)30-4/h5-7,12-13,16-17H,8-11,14H2,1-4H3,(H,23,25,27)(H2,24,26,31). The van der Waals surface area contributed by atoms with Crippen molar-refractivity contribution in [1.82, 2.24) is 20.6 Å². The smallest absolute Gasteiger partial charge is 0.224 e. The summed E-state index contributed by atoms with van der Waals surface area (Å²) in [6, 6.07) is 8.47. The predicted octanol–water partition coefficient (Wildman–Crippen LogP) is 2.95. The summed E-state index contributed by atoms with van der Waals surface area (Å²) in [5, 5.41) is 10.9. The van der Waals surface area contributed by atoms with Gasteiger partial charge in [0.25, 0.3) is 0 Å². The van der Waals surface area contributed by atoms with E-state index in [9.17, 15) is 0 Å². The minimum absolute atomic E-state index is 0.360.